The average Bonchev–Trinajstić information content (AvgIpc) is 3.78. The molecule has 0 aliphatic rings. The highest BCUT2D eigenvalue weighted by Gasteiger charge is 2.25. The van der Waals surface area contributed by atoms with Gasteiger partial charge in [0.05, 0.1) is 25.9 Å². The lowest BCUT2D eigenvalue weighted by Gasteiger charge is -2.14. The van der Waals surface area contributed by atoms with Crippen LogP contribution in [-0.2, 0) is 0 Å². The molecule has 0 aliphatic carbocycles. The summed E-state index contributed by atoms with van der Waals surface area (Å²) in [6, 6.07) is 46.1. The van der Waals surface area contributed by atoms with Gasteiger partial charge in [-0.2, -0.15) is 0 Å². The Kier molecular flexibility index (Phi) is 5.32. The van der Waals surface area contributed by atoms with Crippen molar-refractivity contribution in [2.24, 2.45) is 0 Å². The minimum Gasteiger partial charge on any atom is -0.308 e. The molecule has 0 saturated carbocycles. The van der Waals surface area contributed by atoms with Crippen molar-refractivity contribution in [3.8, 4) is 27.9 Å². The second-order valence-corrected chi connectivity index (χ2v) is 13.5. The Morgan fingerprint density at radius 1 is 0.511 bits per heavy atom. The predicted molar refractivity (Wildman–Crippen MR) is 193 cm³/mol. The molecule has 0 saturated heterocycles. The molecular formula is C40H23N3S2. The van der Waals surface area contributed by atoms with E-state index in [-0.39, 0.29) is 0 Å². The number of para-hydroxylation sites is 1. The third kappa shape index (κ3) is 3.62. The molecule has 45 heavy (non-hydrogen) atoms. The largest absolute Gasteiger partial charge is 0.308 e. The van der Waals surface area contributed by atoms with E-state index in [9.17, 15) is 0 Å². The molecule has 4 heterocycles. The average molecular weight is 610 g/mol. The molecule has 10 aromatic rings. The van der Waals surface area contributed by atoms with E-state index in [1.807, 2.05) is 28.9 Å². The number of nitrogens with zero attached hydrogens (tertiary/aromatic N) is 3. The quantitative estimate of drug-likeness (QED) is 0.199. The first-order chi connectivity index (χ1) is 22.3. The summed E-state index contributed by atoms with van der Waals surface area (Å²) >= 11 is 3.69. The van der Waals surface area contributed by atoms with E-state index in [0.717, 1.165) is 15.9 Å². The first kappa shape index (κ1) is 25.0. The van der Waals surface area contributed by atoms with E-state index in [0.29, 0.717) is 0 Å². The van der Waals surface area contributed by atoms with Gasteiger partial charge in [-0.3, -0.25) is 0 Å². The fourth-order valence-electron chi connectivity index (χ4n) is 7.00. The van der Waals surface area contributed by atoms with Gasteiger partial charge in [-0.1, -0.05) is 97.1 Å². The lowest BCUT2D eigenvalue weighted by Crippen LogP contribution is -1.96. The maximum absolute atomic E-state index is 4.85. The highest BCUT2D eigenvalue weighted by Crippen LogP contribution is 2.51. The van der Waals surface area contributed by atoms with Gasteiger partial charge in [0.2, 0.25) is 0 Å². The minimum absolute atomic E-state index is 1.04. The van der Waals surface area contributed by atoms with Crippen molar-refractivity contribution >= 4 is 85.0 Å². The predicted octanol–water partition coefficient (Wildman–Crippen LogP) is 11.6. The Balaban J connectivity index is 1.44. The molecule has 0 atom stereocenters. The van der Waals surface area contributed by atoms with Crippen molar-refractivity contribution in [3.05, 3.63) is 140 Å². The molecule has 0 bridgehead atoms. The summed E-state index contributed by atoms with van der Waals surface area (Å²) in [4.78, 5) is 9.25. The highest BCUT2D eigenvalue weighted by atomic mass is 32.1. The summed E-state index contributed by atoms with van der Waals surface area (Å²) in [6.45, 7) is 0. The molecule has 0 aliphatic heterocycles. The molecule has 6 aromatic carbocycles. The van der Waals surface area contributed by atoms with Crippen LogP contribution in [0.4, 0.5) is 0 Å². The molecular weight excluding hydrogens is 587 g/mol. The zero-order chi connectivity index (χ0) is 29.5. The summed E-state index contributed by atoms with van der Waals surface area (Å²) in [5, 5.41) is 6.34. The van der Waals surface area contributed by atoms with Gasteiger partial charge in [0, 0.05) is 48.2 Å². The molecule has 0 N–H and O–H groups in total. The van der Waals surface area contributed by atoms with E-state index < -0.39 is 0 Å². The normalized spacial score (nSPS) is 12.0. The molecule has 3 nitrogen and oxygen atoms in total. The Morgan fingerprint density at radius 3 is 1.91 bits per heavy atom. The van der Waals surface area contributed by atoms with Crippen LogP contribution in [0.3, 0.4) is 0 Å². The summed E-state index contributed by atoms with van der Waals surface area (Å²) < 4.78 is 7.48. The van der Waals surface area contributed by atoms with Crippen molar-refractivity contribution in [3.63, 3.8) is 0 Å². The fourth-order valence-corrected chi connectivity index (χ4v) is 9.45. The molecule has 0 unspecified atom stereocenters. The standard InChI is InChI=1S/C40H23N3S2/c1-3-11-24(12-4-1)26-19-27(25-13-5-2-6-14-25)21-28(20-26)43-31-17-9-7-15-29(31)35-38(43)40-34(30-16-8-10-18-32(30)44-40)36-37-33(45-39(35)36)22-41-23-42-37/h1-23H. The van der Waals surface area contributed by atoms with E-state index in [2.05, 4.69) is 137 Å². The molecule has 0 fully saturated rings. The number of aromatic nitrogens is 3. The van der Waals surface area contributed by atoms with Crippen molar-refractivity contribution in [1.29, 1.82) is 0 Å². The van der Waals surface area contributed by atoms with Crippen LogP contribution >= 0.6 is 22.7 Å². The SMILES string of the molecule is c1ccc(-c2cc(-c3ccccc3)cc(-n3c4ccccc4c4c5sc6cncnc6c5c5c6ccccc6sc5c43)c2)cc1. The first-order valence-corrected chi connectivity index (χ1v) is 16.6. The second kappa shape index (κ2) is 9.57. The van der Waals surface area contributed by atoms with Crippen molar-refractivity contribution in [1.82, 2.24) is 14.5 Å². The lowest BCUT2D eigenvalue weighted by atomic mass is 9.98. The Bertz CT molecular complexity index is 2700. The van der Waals surface area contributed by atoms with Gasteiger partial charge in [0.1, 0.15) is 6.33 Å². The summed E-state index contributed by atoms with van der Waals surface area (Å²) in [7, 11) is 0. The molecule has 210 valence electrons. The summed E-state index contributed by atoms with van der Waals surface area (Å²) in [5.74, 6) is 0. The number of rotatable bonds is 3. The van der Waals surface area contributed by atoms with Crippen molar-refractivity contribution in [2.75, 3.05) is 0 Å². The fraction of sp³-hybridized carbons (Fsp3) is 0. The van der Waals surface area contributed by atoms with Gasteiger partial charge in [0.15, 0.2) is 0 Å². The van der Waals surface area contributed by atoms with E-state index in [1.54, 1.807) is 6.33 Å². The number of hydrogen-bond donors (Lipinski definition) is 0. The van der Waals surface area contributed by atoms with Crippen LogP contribution in [0.15, 0.2) is 140 Å². The van der Waals surface area contributed by atoms with Crippen LogP contribution in [0.1, 0.15) is 0 Å². The zero-order valence-corrected chi connectivity index (χ0v) is 25.6. The van der Waals surface area contributed by atoms with Crippen molar-refractivity contribution in [2.45, 2.75) is 0 Å². The van der Waals surface area contributed by atoms with Crippen LogP contribution in [0.2, 0.25) is 0 Å². The first-order valence-electron chi connectivity index (χ1n) is 15.0. The number of thiophene rings is 2. The van der Waals surface area contributed by atoms with Gasteiger partial charge in [0.25, 0.3) is 0 Å². The van der Waals surface area contributed by atoms with Gasteiger partial charge in [-0.25, -0.2) is 9.97 Å². The van der Waals surface area contributed by atoms with Crippen LogP contribution < -0.4 is 0 Å². The summed E-state index contributed by atoms with van der Waals surface area (Å²) in [6.07, 6.45) is 3.65. The number of benzene rings is 6. The van der Waals surface area contributed by atoms with Crippen LogP contribution in [-0.4, -0.2) is 14.5 Å². The Morgan fingerprint density at radius 2 is 1.16 bits per heavy atom. The Hall–Kier alpha value is -5.36. The monoisotopic (exact) mass is 609 g/mol. The minimum atomic E-state index is 1.04. The second-order valence-electron chi connectivity index (χ2n) is 11.4. The van der Waals surface area contributed by atoms with Crippen LogP contribution in [0, 0.1) is 0 Å². The highest BCUT2D eigenvalue weighted by molar-refractivity contribution is 7.29. The smallest absolute Gasteiger partial charge is 0.116 e. The van der Waals surface area contributed by atoms with E-state index >= 15 is 0 Å². The van der Waals surface area contributed by atoms with Crippen molar-refractivity contribution < 1.29 is 0 Å². The van der Waals surface area contributed by atoms with Gasteiger partial charge >= 0.3 is 0 Å². The Labute approximate surface area is 266 Å². The molecule has 0 radical (unpaired) electrons. The molecule has 4 aromatic heterocycles. The zero-order valence-electron chi connectivity index (χ0n) is 23.9. The number of fused-ring (bicyclic) bond motifs is 12. The lowest BCUT2D eigenvalue weighted by molar-refractivity contribution is 1.19. The maximum Gasteiger partial charge on any atom is 0.116 e. The van der Waals surface area contributed by atoms with E-state index in [1.165, 1.54) is 74.3 Å². The summed E-state index contributed by atoms with van der Waals surface area (Å²) in [5.41, 5.74) is 9.45. The molecule has 10 rings (SSSR count). The molecule has 0 amide bonds. The van der Waals surface area contributed by atoms with E-state index in [4.69, 9.17) is 4.98 Å². The topological polar surface area (TPSA) is 30.7 Å². The molecule has 0 spiro atoms. The number of hydrogen-bond acceptors (Lipinski definition) is 4. The maximum atomic E-state index is 4.85. The van der Waals surface area contributed by atoms with Crippen LogP contribution in [0.5, 0.6) is 0 Å². The van der Waals surface area contributed by atoms with Gasteiger partial charge in [-0.05, 0) is 52.6 Å². The third-order valence-corrected chi connectivity index (χ3v) is 11.2. The molecule has 5 heteroatoms. The van der Waals surface area contributed by atoms with Crippen LogP contribution in [0.25, 0.3) is 90.2 Å². The third-order valence-electron chi connectivity index (χ3n) is 8.91. The van der Waals surface area contributed by atoms with Gasteiger partial charge in [-0.15, -0.1) is 22.7 Å². The van der Waals surface area contributed by atoms with Gasteiger partial charge < -0.3 is 4.57 Å².